The third kappa shape index (κ3) is 2.55. The van der Waals surface area contributed by atoms with Gasteiger partial charge in [0.05, 0.1) is 16.5 Å². The van der Waals surface area contributed by atoms with Gasteiger partial charge in [0.1, 0.15) is 16.8 Å². The van der Waals surface area contributed by atoms with Crippen LogP contribution in [0.2, 0.25) is 5.28 Å². The van der Waals surface area contributed by atoms with Gasteiger partial charge in [0.25, 0.3) is 0 Å². The van der Waals surface area contributed by atoms with Crippen LogP contribution in [-0.2, 0) is 17.2 Å². The highest BCUT2D eigenvalue weighted by molar-refractivity contribution is 7.85. The molecular weight excluding hydrogens is 301 g/mol. The Bertz CT molecular complexity index is 647. The highest BCUT2D eigenvalue weighted by atomic mass is 35.5. The summed E-state index contributed by atoms with van der Waals surface area (Å²) < 4.78 is 25.4. The third-order valence-corrected chi connectivity index (χ3v) is 5.20. The topological polar surface area (TPSA) is 59.5 Å². The van der Waals surface area contributed by atoms with Crippen LogP contribution in [0.4, 0.5) is 10.2 Å². The van der Waals surface area contributed by atoms with Crippen LogP contribution >= 0.6 is 11.6 Å². The lowest BCUT2D eigenvalue weighted by atomic mass is 9.97. The van der Waals surface area contributed by atoms with Crippen molar-refractivity contribution in [3.05, 3.63) is 35.0 Å². The molecule has 3 atom stereocenters. The van der Waals surface area contributed by atoms with E-state index >= 15 is 0 Å². The summed E-state index contributed by atoms with van der Waals surface area (Å²) in [7, 11) is -1.09. The molecular formula is C13H14ClFN3OS+. The molecule has 0 saturated carbocycles. The van der Waals surface area contributed by atoms with Crippen molar-refractivity contribution in [3.63, 3.8) is 0 Å². The average molecular weight is 315 g/mol. The van der Waals surface area contributed by atoms with E-state index in [1.807, 2.05) is 18.3 Å². The van der Waals surface area contributed by atoms with Crippen LogP contribution in [0.1, 0.15) is 12.6 Å². The van der Waals surface area contributed by atoms with Crippen LogP contribution in [0.15, 0.2) is 29.0 Å². The zero-order chi connectivity index (χ0) is 14.3. The van der Waals surface area contributed by atoms with Crippen LogP contribution in [-0.4, -0.2) is 26.0 Å². The van der Waals surface area contributed by atoms with E-state index in [-0.39, 0.29) is 23.1 Å². The maximum Gasteiger partial charge on any atom is 0.245 e. The zero-order valence-corrected chi connectivity index (χ0v) is 12.4. The SMILES string of the molecule is CC1C=CC(F)=CC1[NH2+]c1nc(Cl)nc2c1S(=O)CC2. The fourth-order valence-electron chi connectivity index (χ4n) is 2.45. The van der Waals surface area contributed by atoms with Gasteiger partial charge in [-0.15, -0.1) is 0 Å². The summed E-state index contributed by atoms with van der Waals surface area (Å²) in [4.78, 5) is 8.97. The molecule has 1 aromatic heterocycles. The Morgan fingerprint density at radius 2 is 2.30 bits per heavy atom. The molecule has 0 spiro atoms. The van der Waals surface area contributed by atoms with Gasteiger partial charge in [0, 0.05) is 24.2 Å². The smallest absolute Gasteiger partial charge is 0.245 e. The zero-order valence-electron chi connectivity index (χ0n) is 10.8. The van der Waals surface area contributed by atoms with Gasteiger partial charge in [-0.2, -0.15) is 4.98 Å². The molecule has 2 aliphatic rings. The Morgan fingerprint density at radius 1 is 1.50 bits per heavy atom. The lowest BCUT2D eigenvalue weighted by Gasteiger charge is -2.19. The lowest BCUT2D eigenvalue weighted by Crippen LogP contribution is -2.86. The van der Waals surface area contributed by atoms with Crippen molar-refractivity contribution >= 4 is 28.2 Å². The number of rotatable bonds is 2. The molecule has 1 aliphatic heterocycles. The number of hydrogen-bond donors (Lipinski definition) is 1. The molecule has 2 N–H and O–H groups in total. The van der Waals surface area contributed by atoms with Crippen LogP contribution in [0.25, 0.3) is 0 Å². The van der Waals surface area contributed by atoms with E-state index in [0.29, 0.717) is 22.9 Å². The van der Waals surface area contributed by atoms with Gasteiger partial charge >= 0.3 is 0 Å². The second-order valence-corrected chi connectivity index (χ2v) is 6.81. The highest BCUT2D eigenvalue weighted by Gasteiger charge is 2.31. The molecule has 1 aromatic rings. The summed E-state index contributed by atoms with van der Waals surface area (Å²) in [5, 5.41) is 1.99. The number of hydrogen-bond acceptors (Lipinski definition) is 3. The van der Waals surface area contributed by atoms with E-state index in [2.05, 4.69) is 9.97 Å². The summed E-state index contributed by atoms with van der Waals surface area (Å²) in [6.07, 6.45) is 5.47. The first-order valence-electron chi connectivity index (χ1n) is 6.40. The molecule has 0 saturated heterocycles. The standard InChI is InChI=1S/C13H13ClFN3OS/c1-7-2-3-8(15)6-10(7)16-12-11-9(4-5-20(11)19)17-13(14)18-12/h2-3,6-7,10H,4-5H2,1H3,(H,16,17,18)/p+1. The maximum absolute atomic E-state index is 13.4. The number of nitrogens with zero attached hydrogens (tertiary/aromatic N) is 2. The van der Waals surface area contributed by atoms with Gasteiger partial charge in [-0.1, -0.05) is 13.0 Å². The van der Waals surface area contributed by atoms with Crippen molar-refractivity contribution in [3.8, 4) is 0 Å². The summed E-state index contributed by atoms with van der Waals surface area (Å²) in [5.74, 6) is 1.03. The van der Waals surface area contributed by atoms with Crippen molar-refractivity contribution < 1.29 is 13.9 Å². The molecule has 0 fully saturated rings. The number of fused-ring (bicyclic) bond motifs is 1. The Balaban J connectivity index is 1.96. The minimum absolute atomic E-state index is 0.118. The minimum Gasteiger partial charge on any atom is -0.290 e. The number of nitrogens with two attached hydrogens (primary N) is 1. The van der Waals surface area contributed by atoms with Crippen molar-refractivity contribution in [2.45, 2.75) is 24.3 Å². The highest BCUT2D eigenvalue weighted by Crippen LogP contribution is 2.27. The summed E-state index contributed by atoms with van der Waals surface area (Å²) in [6, 6.07) is -0.118. The molecule has 0 bridgehead atoms. The first-order valence-corrected chi connectivity index (χ1v) is 8.09. The fraction of sp³-hybridized carbons (Fsp3) is 0.385. The Hall–Kier alpha value is -1.11. The van der Waals surface area contributed by atoms with Crippen molar-refractivity contribution in [1.82, 2.24) is 9.97 Å². The van der Waals surface area contributed by atoms with Gasteiger partial charge in [-0.05, 0) is 17.7 Å². The first kappa shape index (κ1) is 13.9. The molecule has 3 unspecified atom stereocenters. The molecule has 0 aromatic carbocycles. The summed E-state index contributed by atoms with van der Waals surface area (Å²) >= 11 is 5.91. The molecule has 20 heavy (non-hydrogen) atoms. The van der Waals surface area contributed by atoms with Crippen LogP contribution in [0.5, 0.6) is 0 Å². The van der Waals surface area contributed by atoms with E-state index in [4.69, 9.17) is 11.6 Å². The van der Waals surface area contributed by atoms with Crippen molar-refractivity contribution in [2.75, 3.05) is 5.75 Å². The molecule has 3 rings (SSSR count). The van der Waals surface area contributed by atoms with Gasteiger partial charge in [0.2, 0.25) is 11.1 Å². The van der Waals surface area contributed by atoms with E-state index in [1.54, 1.807) is 6.08 Å². The summed E-state index contributed by atoms with van der Waals surface area (Å²) in [6.45, 7) is 2.00. The number of halogens is 2. The Morgan fingerprint density at radius 3 is 3.10 bits per heavy atom. The lowest BCUT2D eigenvalue weighted by molar-refractivity contribution is -0.610. The minimum atomic E-state index is -1.09. The third-order valence-electron chi connectivity index (χ3n) is 3.55. The van der Waals surface area contributed by atoms with Gasteiger partial charge in [-0.3, -0.25) is 9.53 Å². The number of aromatic nitrogens is 2. The molecule has 0 amide bonds. The number of allylic oxidation sites excluding steroid dienone is 2. The molecule has 4 nitrogen and oxygen atoms in total. The van der Waals surface area contributed by atoms with Crippen LogP contribution < -0.4 is 5.32 Å². The predicted octanol–water partition coefficient (Wildman–Crippen LogP) is 1.42. The van der Waals surface area contributed by atoms with Crippen molar-refractivity contribution in [1.29, 1.82) is 0 Å². The molecule has 7 heteroatoms. The fourth-order valence-corrected chi connectivity index (χ4v) is 3.99. The van der Waals surface area contributed by atoms with E-state index < -0.39 is 10.8 Å². The normalized spacial score (nSPS) is 28.4. The Labute approximate surface area is 123 Å². The van der Waals surface area contributed by atoms with Crippen LogP contribution in [0.3, 0.4) is 0 Å². The quantitative estimate of drug-likeness (QED) is 0.840. The average Bonchev–Trinajstić information content (AvgIpc) is 2.75. The van der Waals surface area contributed by atoms with Gasteiger partial charge < -0.3 is 0 Å². The first-order chi connectivity index (χ1) is 9.54. The van der Waals surface area contributed by atoms with Gasteiger partial charge in [-0.25, -0.2) is 9.37 Å². The maximum atomic E-state index is 13.4. The molecule has 1 aliphatic carbocycles. The van der Waals surface area contributed by atoms with E-state index in [9.17, 15) is 8.60 Å². The molecule has 106 valence electrons. The van der Waals surface area contributed by atoms with E-state index in [0.717, 1.165) is 5.69 Å². The Kier molecular flexibility index (Phi) is 3.70. The number of aryl methyl sites for hydroxylation is 1. The van der Waals surface area contributed by atoms with Crippen molar-refractivity contribution in [2.24, 2.45) is 5.92 Å². The predicted molar refractivity (Wildman–Crippen MR) is 74.9 cm³/mol. The van der Waals surface area contributed by atoms with E-state index in [1.165, 1.54) is 6.08 Å². The van der Waals surface area contributed by atoms with Gasteiger partial charge in [0.15, 0.2) is 0 Å². The molecule has 0 radical (unpaired) electrons. The second-order valence-electron chi connectivity index (χ2n) is 4.97. The molecule has 2 heterocycles. The second kappa shape index (κ2) is 5.35. The van der Waals surface area contributed by atoms with Crippen LogP contribution in [0, 0.1) is 5.92 Å². The summed E-state index contributed by atoms with van der Waals surface area (Å²) in [5.41, 5.74) is 0.748. The largest absolute Gasteiger partial charge is 0.290 e. The number of quaternary nitrogens is 1. The monoisotopic (exact) mass is 314 g/mol.